The smallest absolute Gasteiger partial charge is 0.158 e. The molecule has 1 unspecified atom stereocenters. The van der Waals surface area contributed by atoms with Crippen LogP contribution in [0.2, 0.25) is 0 Å². The van der Waals surface area contributed by atoms with Crippen LogP contribution in [-0.2, 0) is 6.42 Å². The van der Waals surface area contributed by atoms with Gasteiger partial charge < -0.3 is 10.6 Å². The molecule has 3 rings (SSSR count). The number of likely N-dealkylation sites (N-methyl/N-ethyl adjacent to an activating group) is 1. The first-order chi connectivity index (χ1) is 8.74. The fraction of sp³-hybridized carbons (Fsp3) is 0.538. The molecule has 0 aliphatic carbocycles. The quantitative estimate of drug-likeness (QED) is 0.867. The van der Waals surface area contributed by atoms with Crippen LogP contribution in [0.4, 0.5) is 5.69 Å². The van der Waals surface area contributed by atoms with Crippen molar-refractivity contribution in [2.75, 3.05) is 19.3 Å². The molecule has 0 aromatic carbocycles. The van der Waals surface area contributed by atoms with Crippen molar-refractivity contribution in [1.29, 1.82) is 0 Å². The fourth-order valence-electron chi connectivity index (χ4n) is 2.74. The molecule has 0 spiro atoms. The third-order valence-electron chi connectivity index (χ3n) is 3.83. The molecular formula is C13H19N5. The van der Waals surface area contributed by atoms with Crippen molar-refractivity contribution in [2.24, 2.45) is 0 Å². The summed E-state index contributed by atoms with van der Waals surface area (Å²) in [7, 11) is 2.21. The zero-order valence-corrected chi connectivity index (χ0v) is 10.7. The minimum Gasteiger partial charge on any atom is -0.396 e. The molecule has 0 bridgehead atoms. The summed E-state index contributed by atoms with van der Waals surface area (Å²) in [5.74, 6) is 0. The van der Waals surface area contributed by atoms with E-state index in [0.717, 1.165) is 12.1 Å². The van der Waals surface area contributed by atoms with Gasteiger partial charge in [0.25, 0.3) is 0 Å². The molecule has 1 atom stereocenters. The van der Waals surface area contributed by atoms with Gasteiger partial charge in [-0.1, -0.05) is 6.42 Å². The average molecular weight is 245 g/mol. The number of rotatable bonds is 2. The molecule has 2 N–H and O–H groups in total. The Bertz CT molecular complexity index is 547. The van der Waals surface area contributed by atoms with Gasteiger partial charge in [0.2, 0.25) is 0 Å². The first kappa shape index (κ1) is 11.5. The van der Waals surface area contributed by atoms with E-state index < -0.39 is 0 Å². The Morgan fingerprint density at radius 2 is 2.28 bits per heavy atom. The zero-order chi connectivity index (χ0) is 12.5. The molecule has 1 aliphatic rings. The van der Waals surface area contributed by atoms with E-state index in [1.54, 1.807) is 10.7 Å². The summed E-state index contributed by atoms with van der Waals surface area (Å²) < 4.78 is 1.77. The van der Waals surface area contributed by atoms with Crippen molar-refractivity contribution in [3.8, 4) is 0 Å². The van der Waals surface area contributed by atoms with Crippen LogP contribution in [0.5, 0.6) is 0 Å². The predicted molar refractivity (Wildman–Crippen MR) is 71.4 cm³/mol. The van der Waals surface area contributed by atoms with Crippen molar-refractivity contribution in [1.82, 2.24) is 19.5 Å². The number of nitrogens with two attached hydrogens (primary N) is 1. The lowest BCUT2D eigenvalue weighted by Gasteiger charge is -2.32. The highest BCUT2D eigenvalue weighted by Crippen LogP contribution is 2.20. The second-order valence-corrected chi connectivity index (χ2v) is 5.16. The van der Waals surface area contributed by atoms with Gasteiger partial charge in [-0.3, -0.25) is 0 Å². The van der Waals surface area contributed by atoms with E-state index in [2.05, 4.69) is 22.0 Å². The van der Waals surface area contributed by atoms with Crippen molar-refractivity contribution in [3.63, 3.8) is 0 Å². The summed E-state index contributed by atoms with van der Waals surface area (Å²) in [6.07, 6.45) is 10.4. The summed E-state index contributed by atoms with van der Waals surface area (Å²) in [6, 6.07) is 0.617. The topological polar surface area (TPSA) is 59.5 Å². The maximum absolute atomic E-state index is 5.71. The second kappa shape index (κ2) is 4.57. The van der Waals surface area contributed by atoms with E-state index in [1.165, 1.54) is 31.4 Å². The monoisotopic (exact) mass is 245 g/mol. The van der Waals surface area contributed by atoms with Gasteiger partial charge in [-0.25, -0.2) is 9.50 Å². The SMILES string of the molecule is CN1CCCCC1Cc1cnn2cc(N)cnc12. The molecule has 1 aliphatic heterocycles. The van der Waals surface area contributed by atoms with Gasteiger partial charge in [-0.15, -0.1) is 0 Å². The van der Waals surface area contributed by atoms with Crippen LogP contribution in [0.3, 0.4) is 0 Å². The summed E-state index contributed by atoms with van der Waals surface area (Å²) in [5.41, 5.74) is 8.50. The largest absolute Gasteiger partial charge is 0.396 e. The Balaban J connectivity index is 1.86. The molecule has 5 nitrogen and oxygen atoms in total. The number of hydrogen-bond acceptors (Lipinski definition) is 4. The lowest BCUT2D eigenvalue weighted by atomic mass is 9.97. The van der Waals surface area contributed by atoms with Gasteiger partial charge >= 0.3 is 0 Å². The van der Waals surface area contributed by atoms with Crippen molar-refractivity contribution in [3.05, 3.63) is 24.2 Å². The summed E-state index contributed by atoms with van der Waals surface area (Å²) in [6.45, 7) is 1.20. The number of aromatic nitrogens is 3. The molecule has 0 radical (unpaired) electrons. The van der Waals surface area contributed by atoms with E-state index in [4.69, 9.17) is 5.73 Å². The molecule has 0 amide bonds. The van der Waals surface area contributed by atoms with Crippen molar-refractivity contribution >= 4 is 11.3 Å². The molecule has 5 heteroatoms. The zero-order valence-electron chi connectivity index (χ0n) is 10.7. The molecule has 2 aromatic heterocycles. The van der Waals surface area contributed by atoms with E-state index in [9.17, 15) is 0 Å². The van der Waals surface area contributed by atoms with Crippen LogP contribution in [-0.4, -0.2) is 39.1 Å². The first-order valence-corrected chi connectivity index (χ1v) is 6.52. The summed E-state index contributed by atoms with van der Waals surface area (Å²) in [4.78, 5) is 6.84. The maximum atomic E-state index is 5.71. The van der Waals surface area contributed by atoms with Crippen molar-refractivity contribution < 1.29 is 0 Å². The number of fused-ring (bicyclic) bond motifs is 1. The molecule has 3 heterocycles. The minimum atomic E-state index is 0.617. The van der Waals surface area contributed by atoms with Gasteiger partial charge in [0, 0.05) is 11.6 Å². The van der Waals surface area contributed by atoms with E-state index >= 15 is 0 Å². The van der Waals surface area contributed by atoms with E-state index in [0.29, 0.717) is 11.7 Å². The number of nitrogen functional groups attached to an aromatic ring is 1. The lowest BCUT2D eigenvalue weighted by Crippen LogP contribution is -2.37. The highest BCUT2D eigenvalue weighted by atomic mass is 15.2. The maximum Gasteiger partial charge on any atom is 0.158 e. The second-order valence-electron chi connectivity index (χ2n) is 5.16. The Morgan fingerprint density at radius 1 is 1.39 bits per heavy atom. The predicted octanol–water partition coefficient (Wildman–Crippen LogP) is 1.34. The third-order valence-corrected chi connectivity index (χ3v) is 3.83. The Hall–Kier alpha value is -1.62. The number of likely N-dealkylation sites (tertiary alicyclic amines) is 1. The first-order valence-electron chi connectivity index (χ1n) is 6.52. The highest BCUT2D eigenvalue weighted by Gasteiger charge is 2.20. The number of piperidine rings is 1. The molecule has 2 aromatic rings. The van der Waals surface area contributed by atoms with Gasteiger partial charge in [0.1, 0.15) is 0 Å². The average Bonchev–Trinajstić information content (AvgIpc) is 2.74. The molecule has 96 valence electrons. The minimum absolute atomic E-state index is 0.617. The lowest BCUT2D eigenvalue weighted by molar-refractivity contribution is 0.185. The number of nitrogens with zero attached hydrogens (tertiary/aromatic N) is 4. The van der Waals surface area contributed by atoms with Crippen LogP contribution in [0.1, 0.15) is 24.8 Å². The Kier molecular flexibility index (Phi) is 2.91. The fourth-order valence-corrected chi connectivity index (χ4v) is 2.74. The molecular weight excluding hydrogens is 226 g/mol. The van der Waals surface area contributed by atoms with Crippen LogP contribution < -0.4 is 5.73 Å². The van der Waals surface area contributed by atoms with Crippen LogP contribution in [0.25, 0.3) is 5.65 Å². The Morgan fingerprint density at radius 3 is 3.11 bits per heavy atom. The third kappa shape index (κ3) is 2.06. The molecule has 18 heavy (non-hydrogen) atoms. The van der Waals surface area contributed by atoms with Gasteiger partial charge in [-0.05, 0) is 32.9 Å². The molecule has 1 saturated heterocycles. The Labute approximate surface area is 107 Å². The van der Waals surface area contributed by atoms with E-state index in [1.807, 2.05) is 12.4 Å². The van der Waals surface area contributed by atoms with Crippen molar-refractivity contribution in [2.45, 2.75) is 31.7 Å². The van der Waals surface area contributed by atoms with Gasteiger partial charge in [0.15, 0.2) is 5.65 Å². The highest BCUT2D eigenvalue weighted by molar-refractivity contribution is 5.49. The summed E-state index contributed by atoms with van der Waals surface area (Å²) in [5, 5.41) is 4.33. The normalized spacial score (nSPS) is 21.5. The number of hydrogen-bond donors (Lipinski definition) is 1. The van der Waals surface area contributed by atoms with E-state index in [-0.39, 0.29) is 0 Å². The molecule has 0 saturated carbocycles. The molecule has 1 fully saturated rings. The number of anilines is 1. The van der Waals surface area contributed by atoms with Gasteiger partial charge in [0.05, 0.1) is 24.3 Å². The summed E-state index contributed by atoms with van der Waals surface area (Å²) >= 11 is 0. The van der Waals surface area contributed by atoms with Crippen LogP contribution in [0, 0.1) is 0 Å². The van der Waals surface area contributed by atoms with Gasteiger partial charge in [-0.2, -0.15) is 5.10 Å². The van der Waals surface area contributed by atoms with Crippen LogP contribution >= 0.6 is 0 Å². The van der Waals surface area contributed by atoms with Crippen LogP contribution in [0.15, 0.2) is 18.6 Å². The standard InChI is InChI=1S/C13H19N5/c1-17-5-3-2-4-12(17)6-10-7-16-18-9-11(14)8-15-13(10)18/h7-9,12H,2-6,14H2,1H3.